The molecule has 1 amide bonds. The third-order valence-corrected chi connectivity index (χ3v) is 3.24. The van der Waals surface area contributed by atoms with Crippen LogP contribution in [0.2, 0.25) is 0 Å². The number of carbonyl (C=O) groups is 1. The highest BCUT2D eigenvalue weighted by Crippen LogP contribution is 2.21. The lowest BCUT2D eigenvalue weighted by molar-refractivity contribution is 0.0463. The van der Waals surface area contributed by atoms with Crippen molar-refractivity contribution in [2.45, 2.75) is 32.8 Å². The van der Waals surface area contributed by atoms with E-state index in [0.717, 1.165) is 19.5 Å². The molecule has 0 spiro atoms. The largest absolute Gasteiger partial charge is 0.444 e. The fourth-order valence-corrected chi connectivity index (χ4v) is 2.26. The van der Waals surface area contributed by atoms with Gasteiger partial charge < -0.3 is 20.1 Å². The number of ether oxygens (including phenoxy) is 1. The highest BCUT2D eigenvalue weighted by atomic mass is 16.6. The summed E-state index contributed by atoms with van der Waals surface area (Å²) < 4.78 is 5.20. The maximum absolute atomic E-state index is 11.6. The number of nitrogens with one attached hydrogen (secondary N) is 1. The van der Waals surface area contributed by atoms with Crippen molar-refractivity contribution in [1.82, 2.24) is 10.2 Å². The first-order valence-corrected chi connectivity index (χ1v) is 6.58. The number of hydrogen-bond acceptors (Lipinski definition) is 4. The Morgan fingerprint density at radius 2 is 2.11 bits per heavy atom. The van der Waals surface area contributed by atoms with Gasteiger partial charge in [0.1, 0.15) is 5.60 Å². The van der Waals surface area contributed by atoms with Gasteiger partial charge in [-0.15, -0.1) is 0 Å². The number of amides is 1. The molecular weight excluding hydrogens is 232 g/mol. The summed E-state index contributed by atoms with van der Waals surface area (Å²) in [6, 6.07) is 0. The molecule has 0 aromatic carbocycles. The van der Waals surface area contributed by atoms with E-state index in [9.17, 15) is 9.90 Å². The normalized spacial score (nSPS) is 25.8. The second kappa shape index (κ2) is 6.38. The predicted octanol–water partition coefficient (Wildman–Crippen LogP) is 1.07. The third-order valence-electron chi connectivity index (χ3n) is 3.24. The molecule has 0 bridgehead atoms. The van der Waals surface area contributed by atoms with Crippen molar-refractivity contribution in [3.05, 3.63) is 0 Å². The van der Waals surface area contributed by atoms with Crippen LogP contribution in [0.1, 0.15) is 27.2 Å². The zero-order chi connectivity index (χ0) is 13.8. The molecule has 106 valence electrons. The standard InChI is InChI=1S/C13H26N2O3/c1-13(2,3)18-12(17)14-7-11-8-15(4)6-5-10(11)9-16/h10-11,16H,5-9H2,1-4H3,(H,14,17)/t10-,11-/m1/s1. The van der Waals surface area contributed by atoms with Crippen molar-refractivity contribution < 1.29 is 14.6 Å². The molecular formula is C13H26N2O3. The number of carbonyl (C=O) groups excluding carboxylic acids is 1. The maximum Gasteiger partial charge on any atom is 0.407 e. The summed E-state index contributed by atoms with van der Waals surface area (Å²) in [6.07, 6.45) is 0.598. The molecule has 0 saturated carbocycles. The molecule has 0 aliphatic carbocycles. The van der Waals surface area contributed by atoms with Gasteiger partial charge in [-0.25, -0.2) is 4.79 Å². The minimum absolute atomic E-state index is 0.189. The molecule has 0 unspecified atom stereocenters. The van der Waals surface area contributed by atoms with Gasteiger partial charge in [0.05, 0.1) is 0 Å². The predicted molar refractivity (Wildman–Crippen MR) is 70.4 cm³/mol. The molecule has 1 heterocycles. The van der Waals surface area contributed by atoms with Crippen LogP contribution in [0.3, 0.4) is 0 Å². The van der Waals surface area contributed by atoms with Crippen LogP contribution in [0.5, 0.6) is 0 Å². The van der Waals surface area contributed by atoms with E-state index < -0.39 is 5.60 Å². The Bertz CT molecular complexity index is 276. The summed E-state index contributed by atoms with van der Waals surface area (Å²) in [5, 5.41) is 12.1. The van der Waals surface area contributed by atoms with Crippen LogP contribution in [0.15, 0.2) is 0 Å². The van der Waals surface area contributed by atoms with Gasteiger partial charge in [0.2, 0.25) is 0 Å². The summed E-state index contributed by atoms with van der Waals surface area (Å²) in [7, 11) is 2.06. The van der Waals surface area contributed by atoms with Crippen molar-refractivity contribution in [2.75, 3.05) is 33.3 Å². The minimum Gasteiger partial charge on any atom is -0.444 e. The second-order valence-electron chi connectivity index (χ2n) is 6.14. The lowest BCUT2D eigenvalue weighted by atomic mass is 9.86. The Morgan fingerprint density at radius 1 is 1.44 bits per heavy atom. The Balaban J connectivity index is 2.38. The second-order valence-corrected chi connectivity index (χ2v) is 6.14. The number of nitrogens with zero attached hydrogens (tertiary/aromatic N) is 1. The van der Waals surface area contributed by atoms with E-state index >= 15 is 0 Å². The van der Waals surface area contributed by atoms with Gasteiger partial charge in [-0.05, 0) is 52.6 Å². The number of rotatable bonds is 3. The molecule has 0 aromatic rings. The highest BCUT2D eigenvalue weighted by molar-refractivity contribution is 5.67. The van der Waals surface area contributed by atoms with E-state index in [0.29, 0.717) is 12.5 Å². The van der Waals surface area contributed by atoms with Gasteiger partial charge in [-0.1, -0.05) is 0 Å². The van der Waals surface area contributed by atoms with Crippen LogP contribution in [0.4, 0.5) is 4.79 Å². The van der Waals surface area contributed by atoms with Crippen LogP contribution in [-0.2, 0) is 4.74 Å². The van der Waals surface area contributed by atoms with Crippen LogP contribution in [0, 0.1) is 11.8 Å². The van der Waals surface area contributed by atoms with Crippen LogP contribution in [0.25, 0.3) is 0 Å². The molecule has 0 aromatic heterocycles. The fraction of sp³-hybridized carbons (Fsp3) is 0.923. The van der Waals surface area contributed by atoms with Crippen LogP contribution >= 0.6 is 0 Å². The summed E-state index contributed by atoms with van der Waals surface area (Å²) in [4.78, 5) is 13.8. The van der Waals surface area contributed by atoms with E-state index in [2.05, 4.69) is 17.3 Å². The SMILES string of the molecule is CN1CC[C@H](CO)[C@H](CNC(=O)OC(C)(C)C)C1. The quantitative estimate of drug-likeness (QED) is 0.795. The van der Waals surface area contributed by atoms with Crippen molar-refractivity contribution in [2.24, 2.45) is 11.8 Å². The lowest BCUT2D eigenvalue weighted by Crippen LogP contribution is -2.45. The topological polar surface area (TPSA) is 61.8 Å². The van der Waals surface area contributed by atoms with Crippen molar-refractivity contribution >= 4 is 6.09 Å². The van der Waals surface area contributed by atoms with Crippen molar-refractivity contribution in [1.29, 1.82) is 0 Å². The first-order valence-electron chi connectivity index (χ1n) is 6.58. The Hall–Kier alpha value is -0.810. The molecule has 18 heavy (non-hydrogen) atoms. The lowest BCUT2D eigenvalue weighted by Gasteiger charge is -2.36. The molecule has 1 aliphatic heterocycles. The molecule has 2 atom stereocenters. The van der Waals surface area contributed by atoms with Crippen molar-refractivity contribution in [3.63, 3.8) is 0 Å². The van der Waals surface area contributed by atoms with Gasteiger partial charge in [-0.3, -0.25) is 0 Å². The number of aliphatic hydroxyl groups excluding tert-OH is 1. The summed E-state index contributed by atoms with van der Waals surface area (Å²) in [5.41, 5.74) is -0.468. The number of hydrogen-bond donors (Lipinski definition) is 2. The van der Waals surface area contributed by atoms with E-state index in [4.69, 9.17) is 4.74 Å². The van der Waals surface area contributed by atoms with E-state index in [-0.39, 0.29) is 18.6 Å². The number of alkyl carbamates (subject to hydrolysis) is 1. The summed E-state index contributed by atoms with van der Waals surface area (Å²) >= 11 is 0. The number of aliphatic hydroxyl groups is 1. The molecule has 1 fully saturated rings. The van der Waals surface area contributed by atoms with Crippen LogP contribution < -0.4 is 5.32 Å². The summed E-state index contributed by atoms with van der Waals surface area (Å²) in [6.45, 7) is 8.20. The third kappa shape index (κ3) is 5.23. The van der Waals surface area contributed by atoms with Crippen LogP contribution in [-0.4, -0.2) is 55.0 Å². The average Bonchev–Trinajstić information content (AvgIpc) is 2.24. The molecule has 1 aliphatic rings. The Morgan fingerprint density at radius 3 is 2.67 bits per heavy atom. The van der Waals surface area contributed by atoms with E-state index in [1.165, 1.54) is 0 Å². The molecule has 0 radical (unpaired) electrons. The zero-order valence-corrected chi connectivity index (χ0v) is 11.9. The zero-order valence-electron chi connectivity index (χ0n) is 11.9. The maximum atomic E-state index is 11.6. The number of piperidine rings is 1. The van der Waals surface area contributed by atoms with Gasteiger partial charge in [0, 0.05) is 19.7 Å². The molecule has 1 rings (SSSR count). The molecule has 2 N–H and O–H groups in total. The average molecular weight is 258 g/mol. The smallest absolute Gasteiger partial charge is 0.407 e. The van der Waals surface area contributed by atoms with Crippen molar-refractivity contribution in [3.8, 4) is 0 Å². The van der Waals surface area contributed by atoms with Gasteiger partial charge >= 0.3 is 6.09 Å². The minimum atomic E-state index is -0.468. The monoisotopic (exact) mass is 258 g/mol. The van der Waals surface area contributed by atoms with Gasteiger partial charge in [0.15, 0.2) is 0 Å². The molecule has 5 heteroatoms. The fourth-order valence-electron chi connectivity index (χ4n) is 2.26. The van der Waals surface area contributed by atoms with E-state index in [1.54, 1.807) is 0 Å². The number of likely N-dealkylation sites (tertiary alicyclic amines) is 1. The Kier molecular flexibility index (Phi) is 5.41. The Labute approximate surface area is 109 Å². The first-order chi connectivity index (χ1) is 8.31. The summed E-state index contributed by atoms with van der Waals surface area (Å²) in [5.74, 6) is 0.567. The van der Waals surface area contributed by atoms with E-state index in [1.807, 2.05) is 20.8 Å². The van der Waals surface area contributed by atoms with Gasteiger partial charge in [0.25, 0.3) is 0 Å². The van der Waals surface area contributed by atoms with Gasteiger partial charge in [-0.2, -0.15) is 0 Å². The highest BCUT2D eigenvalue weighted by Gasteiger charge is 2.28. The molecule has 1 saturated heterocycles. The molecule has 5 nitrogen and oxygen atoms in total. The first kappa shape index (κ1) is 15.2.